The fourth-order valence-electron chi connectivity index (χ4n) is 2.19. The topological polar surface area (TPSA) is 32.3 Å². The van der Waals surface area contributed by atoms with Gasteiger partial charge in [0.15, 0.2) is 0 Å². The molecule has 0 aliphatic heterocycles. The molecule has 0 spiro atoms. The number of phenolic OH excluding ortho intramolecular Hbond substituents is 1. The molecule has 0 aliphatic carbocycles. The van der Waals surface area contributed by atoms with Crippen LogP contribution in [-0.4, -0.2) is 10.6 Å². The van der Waals surface area contributed by atoms with Gasteiger partial charge in [0.2, 0.25) is 0 Å². The molecule has 0 radical (unpaired) electrons. The number of benzene rings is 1. The molecule has 1 aromatic rings. The maximum atomic E-state index is 10.7. The summed E-state index contributed by atoms with van der Waals surface area (Å²) >= 11 is 0. The fraction of sp³-hybridized carbons (Fsp3) is 0.684. The van der Waals surface area contributed by atoms with Gasteiger partial charge in [-0.05, 0) is 42.7 Å². The molecule has 0 saturated carbocycles. The van der Waals surface area contributed by atoms with Crippen LogP contribution in [0.3, 0.4) is 0 Å². The van der Waals surface area contributed by atoms with Crippen LogP contribution in [0.4, 0.5) is 0 Å². The Kier molecular flexibility index (Phi) is 4.84. The van der Waals surface area contributed by atoms with Crippen LogP contribution in [0.5, 0.6) is 5.75 Å². The lowest BCUT2D eigenvalue weighted by Gasteiger charge is -2.28. The van der Waals surface area contributed by atoms with E-state index in [1.807, 2.05) is 0 Å². The summed E-state index contributed by atoms with van der Waals surface area (Å²) < 4.78 is 0. The largest absolute Gasteiger partial charge is 0.507 e. The van der Waals surface area contributed by atoms with Crippen molar-refractivity contribution in [2.75, 3.05) is 0 Å². The molecule has 120 valence electrons. The molecule has 0 saturated heterocycles. The normalized spacial score (nSPS) is 13.6. The van der Waals surface area contributed by atoms with Crippen molar-refractivity contribution in [3.63, 3.8) is 0 Å². The number of hydrogen-bond donors (Lipinski definition) is 2. The third-order valence-corrected chi connectivity index (χ3v) is 3.67. The average molecular weight is 291 g/mol. The van der Waals surface area contributed by atoms with Crippen LogP contribution in [0.1, 0.15) is 79.0 Å². The van der Waals surface area contributed by atoms with E-state index in [0.29, 0.717) is 12.3 Å². The molecular formula is C19H33NO. The van der Waals surface area contributed by atoms with Crippen LogP contribution in [0.15, 0.2) is 12.1 Å². The van der Waals surface area contributed by atoms with E-state index in [-0.39, 0.29) is 16.4 Å². The van der Waals surface area contributed by atoms with Gasteiger partial charge in [0.05, 0.1) is 0 Å². The lowest BCUT2D eigenvalue weighted by Crippen LogP contribution is -2.35. The van der Waals surface area contributed by atoms with Gasteiger partial charge < -0.3 is 10.4 Å². The van der Waals surface area contributed by atoms with Crippen LogP contribution in [0.2, 0.25) is 0 Å². The van der Waals surface area contributed by atoms with Crippen LogP contribution in [0, 0.1) is 0 Å². The van der Waals surface area contributed by atoms with Crippen LogP contribution in [-0.2, 0) is 17.4 Å². The van der Waals surface area contributed by atoms with Crippen LogP contribution in [0.25, 0.3) is 0 Å². The number of nitrogens with one attached hydrogen (secondary N) is 1. The predicted octanol–water partition coefficient (Wildman–Crippen LogP) is 4.88. The van der Waals surface area contributed by atoms with Gasteiger partial charge in [-0.2, -0.15) is 0 Å². The maximum absolute atomic E-state index is 10.7. The van der Waals surface area contributed by atoms with Crippen molar-refractivity contribution in [3.8, 4) is 5.75 Å². The summed E-state index contributed by atoms with van der Waals surface area (Å²) in [5.41, 5.74) is 3.33. The molecule has 1 rings (SSSR count). The van der Waals surface area contributed by atoms with E-state index in [4.69, 9.17) is 0 Å². The monoisotopic (exact) mass is 291 g/mol. The highest BCUT2D eigenvalue weighted by molar-refractivity contribution is 5.48. The SMILES string of the molecule is CC(C)(C)NCc1cc(C(C)(C)C)cc(C(C)(C)C)c1O. The predicted molar refractivity (Wildman–Crippen MR) is 92.1 cm³/mol. The van der Waals surface area contributed by atoms with E-state index in [1.54, 1.807) is 0 Å². The fourth-order valence-corrected chi connectivity index (χ4v) is 2.19. The van der Waals surface area contributed by atoms with E-state index in [9.17, 15) is 5.11 Å². The minimum atomic E-state index is -0.0676. The number of rotatable bonds is 2. The van der Waals surface area contributed by atoms with E-state index >= 15 is 0 Å². The van der Waals surface area contributed by atoms with Gasteiger partial charge >= 0.3 is 0 Å². The molecule has 0 heterocycles. The highest BCUT2D eigenvalue weighted by atomic mass is 16.3. The molecule has 0 aromatic heterocycles. The molecule has 2 nitrogen and oxygen atoms in total. The Bertz CT molecular complexity index is 496. The summed E-state index contributed by atoms with van der Waals surface area (Å²) in [4.78, 5) is 0. The Morgan fingerprint density at radius 3 is 1.76 bits per heavy atom. The zero-order chi connectivity index (χ0) is 16.6. The van der Waals surface area contributed by atoms with Crippen molar-refractivity contribution in [1.82, 2.24) is 5.32 Å². The van der Waals surface area contributed by atoms with Gasteiger partial charge in [0, 0.05) is 17.6 Å². The molecule has 2 heteroatoms. The van der Waals surface area contributed by atoms with Gasteiger partial charge in [0.25, 0.3) is 0 Å². The highest BCUT2D eigenvalue weighted by Gasteiger charge is 2.25. The van der Waals surface area contributed by atoms with Gasteiger partial charge in [-0.15, -0.1) is 0 Å². The summed E-state index contributed by atoms with van der Waals surface area (Å²) in [6.45, 7) is 20.2. The van der Waals surface area contributed by atoms with E-state index < -0.39 is 0 Å². The smallest absolute Gasteiger partial charge is 0.123 e. The quantitative estimate of drug-likeness (QED) is 0.814. The highest BCUT2D eigenvalue weighted by Crippen LogP contribution is 2.37. The molecule has 0 unspecified atom stereocenters. The number of hydrogen-bond acceptors (Lipinski definition) is 2. The third kappa shape index (κ3) is 5.03. The first-order chi connectivity index (χ1) is 9.22. The Labute approximate surface area is 131 Å². The summed E-state index contributed by atoms with van der Waals surface area (Å²) in [5.74, 6) is 0.437. The summed E-state index contributed by atoms with van der Waals surface area (Å²) in [6, 6.07) is 4.30. The second-order valence-corrected chi connectivity index (χ2v) is 9.14. The Hall–Kier alpha value is -1.02. The molecule has 0 bridgehead atoms. The van der Waals surface area contributed by atoms with Gasteiger partial charge in [-0.3, -0.25) is 0 Å². The molecule has 0 amide bonds. The van der Waals surface area contributed by atoms with Crippen molar-refractivity contribution >= 4 is 0 Å². The first-order valence-electron chi connectivity index (χ1n) is 7.84. The minimum absolute atomic E-state index is 0.0338. The lowest BCUT2D eigenvalue weighted by atomic mass is 9.79. The average Bonchev–Trinajstić information content (AvgIpc) is 2.23. The Balaban J connectivity index is 3.35. The van der Waals surface area contributed by atoms with Gasteiger partial charge in [0.1, 0.15) is 5.75 Å². The van der Waals surface area contributed by atoms with Crippen molar-refractivity contribution in [2.45, 2.75) is 85.2 Å². The molecule has 0 aliphatic rings. The molecule has 21 heavy (non-hydrogen) atoms. The van der Waals surface area contributed by atoms with Crippen molar-refractivity contribution < 1.29 is 5.11 Å². The molecule has 2 N–H and O–H groups in total. The van der Waals surface area contributed by atoms with Crippen LogP contribution >= 0.6 is 0 Å². The molecule has 1 aromatic carbocycles. The van der Waals surface area contributed by atoms with Crippen molar-refractivity contribution in [1.29, 1.82) is 0 Å². The molecule has 0 fully saturated rings. The van der Waals surface area contributed by atoms with Crippen LogP contribution < -0.4 is 5.32 Å². The summed E-state index contributed by atoms with van der Waals surface area (Å²) in [5, 5.41) is 14.1. The number of aromatic hydroxyl groups is 1. The van der Waals surface area contributed by atoms with Crippen molar-refractivity contribution in [2.24, 2.45) is 0 Å². The first kappa shape index (κ1) is 18.0. The second kappa shape index (κ2) is 5.64. The zero-order valence-corrected chi connectivity index (χ0v) is 15.3. The number of phenols is 1. The lowest BCUT2D eigenvalue weighted by molar-refractivity contribution is 0.404. The molecular weight excluding hydrogens is 258 g/mol. The Morgan fingerprint density at radius 1 is 0.857 bits per heavy atom. The van der Waals surface area contributed by atoms with Crippen molar-refractivity contribution in [3.05, 3.63) is 28.8 Å². The minimum Gasteiger partial charge on any atom is -0.507 e. The summed E-state index contributed by atoms with van der Waals surface area (Å²) in [7, 11) is 0. The zero-order valence-electron chi connectivity index (χ0n) is 15.3. The van der Waals surface area contributed by atoms with Gasteiger partial charge in [-0.1, -0.05) is 53.7 Å². The Morgan fingerprint density at radius 2 is 1.38 bits per heavy atom. The van der Waals surface area contributed by atoms with E-state index in [0.717, 1.165) is 11.1 Å². The second-order valence-electron chi connectivity index (χ2n) is 9.14. The first-order valence-corrected chi connectivity index (χ1v) is 7.84. The summed E-state index contributed by atoms with van der Waals surface area (Å²) in [6.07, 6.45) is 0. The third-order valence-electron chi connectivity index (χ3n) is 3.67. The van der Waals surface area contributed by atoms with E-state index in [2.05, 4.69) is 79.8 Å². The standard InChI is InChI=1S/C19H33NO/c1-17(2,3)14-10-13(12-20-19(7,8)9)16(21)15(11-14)18(4,5)6/h10-11,20-21H,12H2,1-9H3. The van der Waals surface area contributed by atoms with E-state index in [1.165, 1.54) is 5.56 Å². The molecule has 0 atom stereocenters. The maximum Gasteiger partial charge on any atom is 0.123 e. The van der Waals surface area contributed by atoms with Gasteiger partial charge in [-0.25, -0.2) is 0 Å².